The number of phenols is 1. The number of benzene rings is 2. The van der Waals surface area contributed by atoms with Crippen LogP contribution in [0.15, 0.2) is 54.6 Å². The van der Waals surface area contributed by atoms with Crippen molar-refractivity contribution >= 4 is 23.7 Å². The van der Waals surface area contributed by atoms with Crippen molar-refractivity contribution in [2.45, 2.75) is 51.2 Å². The predicted octanol–water partition coefficient (Wildman–Crippen LogP) is 0.721. The SMILES string of the molecule is CCC(C)C(N)C(=O)NC(Cc1ccc(O)cc1)C(=O)NCC(=O)NC(Cc1ccccc1)C(=O)O. The molecule has 10 nitrogen and oxygen atoms in total. The minimum Gasteiger partial charge on any atom is -0.508 e. The number of aromatic hydroxyl groups is 1. The monoisotopic (exact) mass is 498 g/mol. The van der Waals surface area contributed by atoms with Gasteiger partial charge in [0.1, 0.15) is 17.8 Å². The summed E-state index contributed by atoms with van der Waals surface area (Å²) in [5, 5.41) is 26.5. The Morgan fingerprint density at radius 3 is 2.03 bits per heavy atom. The van der Waals surface area contributed by atoms with Crippen molar-refractivity contribution in [1.82, 2.24) is 16.0 Å². The summed E-state index contributed by atoms with van der Waals surface area (Å²) in [5.74, 6) is -3.06. The number of rotatable bonds is 13. The number of hydrogen-bond donors (Lipinski definition) is 6. The van der Waals surface area contributed by atoms with Gasteiger partial charge in [0.05, 0.1) is 12.6 Å². The van der Waals surface area contributed by atoms with Gasteiger partial charge in [0, 0.05) is 12.8 Å². The Morgan fingerprint density at radius 2 is 1.44 bits per heavy atom. The summed E-state index contributed by atoms with van der Waals surface area (Å²) in [7, 11) is 0. The van der Waals surface area contributed by atoms with E-state index in [2.05, 4.69) is 16.0 Å². The van der Waals surface area contributed by atoms with Gasteiger partial charge in [0.15, 0.2) is 0 Å². The molecule has 0 saturated carbocycles. The van der Waals surface area contributed by atoms with E-state index in [1.807, 2.05) is 13.8 Å². The van der Waals surface area contributed by atoms with E-state index in [1.54, 1.807) is 42.5 Å². The first kappa shape index (κ1) is 28.3. The molecular weight excluding hydrogens is 464 g/mol. The van der Waals surface area contributed by atoms with Crippen LogP contribution < -0.4 is 21.7 Å². The van der Waals surface area contributed by atoms with Crippen LogP contribution in [0, 0.1) is 5.92 Å². The highest BCUT2D eigenvalue weighted by molar-refractivity contribution is 5.92. The van der Waals surface area contributed by atoms with E-state index in [0.717, 1.165) is 5.56 Å². The summed E-state index contributed by atoms with van der Waals surface area (Å²) in [4.78, 5) is 49.6. The number of aliphatic carboxylic acids is 1. The molecule has 4 atom stereocenters. The first-order valence-electron chi connectivity index (χ1n) is 11.8. The number of carbonyl (C=O) groups is 4. The molecule has 0 bridgehead atoms. The molecule has 0 aromatic heterocycles. The zero-order valence-electron chi connectivity index (χ0n) is 20.4. The third-order valence-corrected chi connectivity index (χ3v) is 5.91. The summed E-state index contributed by atoms with van der Waals surface area (Å²) in [5.41, 5.74) is 7.41. The van der Waals surface area contributed by atoms with Crippen LogP contribution in [0.2, 0.25) is 0 Å². The van der Waals surface area contributed by atoms with Gasteiger partial charge in [-0.05, 0) is 29.2 Å². The van der Waals surface area contributed by atoms with Gasteiger partial charge in [-0.2, -0.15) is 0 Å². The first-order valence-corrected chi connectivity index (χ1v) is 11.8. The van der Waals surface area contributed by atoms with Gasteiger partial charge in [-0.3, -0.25) is 14.4 Å². The maximum absolute atomic E-state index is 12.9. The summed E-state index contributed by atoms with van der Waals surface area (Å²) in [6.07, 6.45) is 0.860. The Labute approximate surface area is 210 Å². The van der Waals surface area contributed by atoms with Crippen molar-refractivity contribution in [3.8, 4) is 5.75 Å². The molecule has 0 aliphatic heterocycles. The molecule has 36 heavy (non-hydrogen) atoms. The van der Waals surface area contributed by atoms with Gasteiger partial charge in [-0.15, -0.1) is 0 Å². The van der Waals surface area contributed by atoms with Crippen LogP contribution in [-0.2, 0) is 32.0 Å². The van der Waals surface area contributed by atoms with E-state index in [1.165, 1.54) is 12.1 Å². The Morgan fingerprint density at radius 1 is 0.861 bits per heavy atom. The zero-order chi connectivity index (χ0) is 26.7. The van der Waals surface area contributed by atoms with Gasteiger partial charge in [-0.25, -0.2) is 4.79 Å². The summed E-state index contributed by atoms with van der Waals surface area (Å²) in [6, 6.07) is 12.0. The lowest BCUT2D eigenvalue weighted by atomic mass is 9.98. The highest BCUT2D eigenvalue weighted by atomic mass is 16.4. The van der Waals surface area contributed by atoms with Crippen molar-refractivity contribution < 1.29 is 29.4 Å². The molecule has 0 aliphatic carbocycles. The largest absolute Gasteiger partial charge is 0.508 e. The molecule has 2 rings (SSSR count). The van der Waals surface area contributed by atoms with Crippen LogP contribution >= 0.6 is 0 Å². The Bertz CT molecular complexity index is 1030. The van der Waals surface area contributed by atoms with Gasteiger partial charge in [0.25, 0.3) is 0 Å². The Hall–Kier alpha value is -3.92. The molecule has 0 saturated heterocycles. The second-order valence-corrected chi connectivity index (χ2v) is 8.71. The van der Waals surface area contributed by atoms with Crippen molar-refractivity contribution in [1.29, 1.82) is 0 Å². The molecule has 0 fully saturated rings. The minimum absolute atomic E-state index is 0.0581. The molecule has 4 unspecified atom stereocenters. The highest BCUT2D eigenvalue weighted by Crippen LogP contribution is 2.12. The molecule has 0 radical (unpaired) electrons. The normalized spacial score (nSPS) is 14.1. The molecule has 2 aromatic rings. The molecule has 10 heteroatoms. The molecule has 7 N–H and O–H groups in total. The van der Waals surface area contributed by atoms with E-state index < -0.39 is 48.4 Å². The van der Waals surface area contributed by atoms with E-state index in [4.69, 9.17) is 5.73 Å². The zero-order valence-corrected chi connectivity index (χ0v) is 20.4. The van der Waals surface area contributed by atoms with Crippen molar-refractivity contribution in [2.75, 3.05) is 6.54 Å². The van der Waals surface area contributed by atoms with Gasteiger partial charge in [0.2, 0.25) is 17.7 Å². The van der Waals surface area contributed by atoms with E-state index in [9.17, 15) is 29.4 Å². The van der Waals surface area contributed by atoms with Crippen molar-refractivity contribution in [3.63, 3.8) is 0 Å². The predicted molar refractivity (Wildman–Crippen MR) is 134 cm³/mol. The van der Waals surface area contributed by atoms with E-state index in [0.29, 0.717) is 12.0 Å². The third-order valence-electron chi connectivity index (χ3n) is 5.91. The lowest BCUT2D eigenvalue weighted by Crippen LogP contribution is -2.55. The number of hydrogen-bond acceptors (Lipinski definition) is 6. The minimum atomic E-state index is -1.20. The van der Waals surface area contributed by atoms with Crippen LogP contribution in [0.25, 0.3) is 0 Å². The number of carboxylic acid groups (broad SMARTS) is 1. The summed E-state index contributed by atoms with van der Waals surface area (Å²) < 4.78 is 0. The number of phenolic OH excluding ortho intramolecular Hbond substituents is 1. The smallest absolute Gasteiger partial charge is 0.326 e. The molecule has 2 aromatic carbocycles. The van der Waals surface area contributed by atoms with E-state index in [-0.39, 0.29) is 24.5 Å². The maximum Gasteiger partial charge on any atom is 0.326 e. The quantitative estimate of drug-likeness (QED) is 0.236. The van der Waals surface area contributed by atoms with Crippen LogP contribution in [0.4, 0.5) is 0 Å². The van der Waals surface area contributed by atoms with Crippen LogP contribution in [-0.4, -0.2) is 58.6 Å². The average molecular weight is 499 g/mol. The second kappa shape index (κ2) is 13.8. The molecule has 0 spiro atoms. The molecule has 0 aliphatic rings. The fourth-order valence-corrected chi connectivity index (χ4v) is 3.44. The van der Waals surface area contributed by atoms with Gasteiger partial charge in [-0.1, -0.05) is 62.7 Å². The molecule has 0 heterocycles. The topological polar surface area (TPSA) is 171 Å². The maximum atomic E-state index is 12.9. The standard InChI is InChI=1S/C26H34N4O6/c1-3-16(2)23(27)25(34)30-20(13-18-9-11-19(31)12-10-18)24(33)28-15-22(32)29-21(26(35)36)14-17-7-5-4-6-8-17/h4-12,16,20-21,23,31H,3,13-15,27H2,1-2H3,(H,28,33)(H,29,32)(H,30,34)(H,35,36). The number of amides is 3. The molecule has 194 valence electrons. The van der Waals surface area contributed by atoms with Crippen molar-refractivity contribution in [3.05, 3.63) is 65.7 Å². The van der Waals surface area contributed by atoms with Gasteiger partial charge >= 0.3 is 5.97 Å². The van der Waals surface area contributed by atoms with Crippen LogP contribution in [0.5, 0.6) is 5.75 Å². The van der Waals surface area contributed by atoms with Crippen LogP contribution in [0.3, 0.4) is 0 Å². The number of nitrogens with one attached hydrogen (secondary N) is 3. The van der Waals surface area contributed by atoms with Crippen molar-refractivity contribution in [2.24, 2.45) is 11.7 Å². The number of carboxylic acids is 1. The molecule has 3 amide bonds. The lowest BCUT2D eigenvalue weighted by molar-refractivity contribution is -0.141. The molecular formula is C26H34N4O6. The van der Waals surface area contributed by atoms with Crippen LogP contribution in [0.1, 0.15) is 31.4 Å². The number of carbonyl (C=O) groups excluding carboxylic acids is 3. The summed E-state index contributed by atoms with van der Waals surface area (Å²) in [6.45, 7) is 3.26. The first-order chi connectivity index (χ1) is 17.1. The Kier molecular flexibility index (Phi) is 10.9. The summed E-state index contributed by atoms with van der Waals surface area (Å²) >= 11 is 0. The fraction of sp³-hybridized carbons (Fsp3) is 0.385. The Balaban J connectivity index is 2.03. The second-order valence-electron chi connectivity index (χ2n) is 8.71. The average Bonchev–Trinajstić information content (AvgIpc) is 2.87. The lowest BCUT2D eigenvalue weighted by Gasteiger charge is -2.23. The van der Waals surface area contributed by atoms with E-state index >= 15 is 0 Å². The third kappa shape index (κ3) is 9.03. The fourth-order valence-electron chi connectivity index (χ4n) is 3.44. The van der Waals surface area contributed by atoms with Gasteiger partial charge < -0.3 is 31.9 Å². The number of nitrogens with two attached hydrogens (primary N) is 1. The highest BCUT2D eigenvalue weighted by Gasteiger charge is 2.27.